The van der Waals surface area contributed by atoms with E-state index in [4.69, 9.17) is 21.1 Å². The number of aryl methyl sites for hydroxylation is 1. The molecule has 0 fully saturated rings. The smallest absolute Gasteiger partial charge is 0.339 e. The van der Waals surface area contributed by atoms with E-state index in [0.717, 1.165) is 6.07 Å². The number of aromatic amines is 1. The molecule has 1 N–H and O–H groups in total. The molecule has 1 atom stereocenters. The largest absolute Gasteiger partial charge is 0.465 e. The lowest BCUT2D eigenvalue weighted by Gasteiger charge is -2.12. The average Bonchev–Trinajstić information content (AvgIpc) is 2.94. The van der Waals surface area contributed by atoms with Crippen molar-refractivity contribution in [3.05, 3.63) is 61.4 Å². The minimum absolute atomic E-state index is 0.111. The van der Waals surface area contributed by atoms with E-state index in [9.17, 15) is 24.5 Å². The number of benzene rings is 1. The second-order valence-electron chi connectivity index (χ2n) is 5.95. The summed E-state index contributed by atoms with van der Waals surface area (Å²) in [6, 6.07) is 3.43. The van der Waals surface area contributed by atoms with Crippen LogP contribution in [0.2, 0.25) is 5.02 Å². The molecule has 0 spiro atoms. The van der Waals surface area contributed by atoms with Crippen LogP contribution >= 0.6 is 11.6 Å². The van der Waals surface area contributed by atoms with Crippen molar-refractivity contribution in [3.8, 4) is 0 Å². The Labute approximate surface area is 164 Å². The highest BCUT2D eigenvalue weighted by Crippen LogP contribution is 2.26. The van der Waals surface area contributed by atoms with E-state index in [1.54, 1.807) is 13.8 Å². The number of rotatable bonds is 6. The number of esters is 2. The summed E-state index contributed by atoms with van der Waals surface area (Å²) in [7, 11) is 1.23. The van der Waals surface area contributed by atoms with Gasteiger partial charge in [0.15, 0.2) is 6.10 Å². The average molecular weight is 409 g/mol. The molecule has 10 heteroatoms. The van der Waals surface area contributed by atoms with Gasteiger partial charge in [0, 0.05) is 11.8 Å². The van der Waals surface area contributed by atoms with Gasteiger partial charge in [0.05, 0.1) is 28.9 Å². The number of hydrogen-bond donors (Lipinski definition) is 1. The lowest BCUT2D eigenvalue weighted by atomic mass is 10.1. The summed E-state index contributed by atoms with van der Waals surface area (Å²) < 4.78 is 9.82. The summed E-state index contributed by atoms with van der Waals surface area (Å²) in [5.74, 6) is -2.08. The number of nitro benzene ring substituents is 1. The van der Waals surface area contributed by atoms with Crippen molar-refractivity contribution >= 4 is 35.0 Å². The van der Waals surface area contributed by atoms with Crippen molar-refractivity contribution in [2.24, 2.45) is 0 Å². The van der Waals surface area contributed by atoms with E-state index in [1.807, 2.05) is 0 Å². The van der Waals surface area contributed by atoms with Gasteiger partial charge in [-0.05, 0) is 38.5 Å². The van der Waals surface area contributed by atoms with Crippen LogP contribution in [-0.2, 0) is 9.47 Å². The van der Waals surface area contributed by atoms with Crippen LogP contribution in [0.4, 0.5) is 5.69 Å². The quantitative estimate of drug-likeness (QED) is 0.335. The topological polar surface area (TPSA) is 129 Å². The van der Waals surface area contributed by atoms with Crippen LogP contribution in [0.5, 0.6) is 0 Å². The van der Waals surface area contributed by atoms with Gasteiger partial charge in [-0.15, -0.1) is 0 Å². The lowest BCUT2D eigenvalue weighted by Crippen LogP contribution is -2.25. The van der Waals surface area contributed by atoms with Crippen LogP contribution in [0.25, 0.3) is 0 Å². The number of ether oxygens (including phenoxy) is 2. The second-order valence-corrected chi connectivity index (χ2v) is 6.36. The highest BCUT2D eigenvalue weighted by Gasteiger charge is 2.28. The zero-order valence-electron chi connectivity index (χ0n) is 15.5. The van der Waals surface area contributed by atoms with E-state index >= 15 is 0 Å². The number of carbonyl (C=O) groups is 3. The van der Waals surface area contributed by atoms with Crippen molar-refractivity contribution in [3.63, 3.8) is 0 Å². The Morgan fingerprint density at radius 3 is 2.43 bits per heavy atom. The first-order valence-electron chi connectivity index (χ1n) is 8.05. The van der Waals surface area contributed by atoms with E-state index in [2.05, 4.69) is 4.98 Å². The van der Waals surface area contributed by atoms with Crippen LogP contribution in [0.3, 0.4) is 0 Å². The summed E-state index contributed by atoms with van der Waals surface area (Å²) in [5, 5.41) is 10.8. The van der Waals surface area contributed by atoms with E-state index < -0.39 is 34.4 Å². The fraction of sp³-hybridized carbons (Fsp3) is 0.278. The fourth-order valence-electron chi connectivity index (χ4n) is 2.67. The van der Waals surface area contributed by atoms with Crippen molar-refractivity contribution < 1.29 is 28.8 Å². The Balaban J connectivity index is 2.24. The summed E-state index contributed by atoms with van der Waals surface area (Å²) in [6.07, 6.45) is -1.20. The molecule has 2 aromatic rings. The highest BCUT2D eigenvalue weighted by molar-refractivity contribution is 6.32. The highest BCUT2D eigenvalue weighted by atomic mass is 35.5. The monoisotopic (exact) mass is 408 g/mol. The van der Waals surface area contributed by atoms with Gasteiger partial charge in [0.25, 0.3) is 5.69 Å². The molecule has 1 heterocycles. The Morgan fingerprint density at radius 1 is 1.21 bits per heavy atom. The van der Waals surface area contributed by atoms with Gasteiger partial charge in [-0.25, -0.2) is 9.59 Å². The first-order chi connectivity index (χ1) is 13.1. The summed E-state index contributed by atoms with van der Waals surface area (Å²) in [6.45, 7) is 4.54. The van der Waals surface area contributed by atoms with Crippen LogP contribution in [0.15, 0.2) is 18.2 Å². The van der Waals surface area contributed by atoms with Gasteiger partial charge in [0.2, 0.25) is 5.78 Å². The fourth-order valence-corrected chi connectivity index (χ4v) is 2.86. The number of methoxy groups -OCH3 is 1. The zero-order valence-corrected chi connectivity index (χ0v) is 16.2. The molecule has 148 valence electrons. The third-order valence-corrected chi connectivity index (χ3v) is 4.42. The molecule has 0 unspecified atom stereocenters. The van der Waals surface area contributed by atoms with Gasteiger partial charge >= 0.3 is 11.9 Å². The molecule has 1 aromatic carbocycles. The number of H-pyrrole nitrogens is 1. The minimum Gasteiger partial charge on any atom is -0.465 e. The molecule has 2 rings (SSSR count). The third-order valence-electron chi connectivity index (χ3n) is 4.10. The molecular formula is C18H17ClN2O7. The maximum Gasteiger partial charge on any atom is 0.339 e. The number of halogens is 1. The molecule has 1 aromatic heterocycles. The van der Waals surface area contributed by atoms with Crippen molar-refractivity contribution in [1.82, 2.24) is 4.98 Å². The summed E-state index contributed by atoms with van der Waals surface area (Å²) in [5.41, 5.74) is 0.593. The second kappa shape index (κ2) is 8.22. The number of nitrogens with one attached hydrogen (secondary N) is 1. The molecule has 9 nitrogen and oxygen atoms in total. The normalized spacial score (nSPS) is 11.6. The number of nitrogens with zero attached hydrogens (tertiary/aromatic N) is 1. The molecule has 0 aliphatic rings. The SMILES string of the molecule is COC(=O)c1c(C)[nH]c(C(=O)[C@@H](C)OC(=O)c2ccc(Cl)c([N+](=O)[O-])c2)c1C. The Hall–Kier alpha value is -3.20. The molecule has 0 aliphatic heterocycles. The number of hydrogen-bond acceptors (Lipinski definition) is 7. The maximum absolute atomic E-state index is 12.6. The first-order valence-corrected chi connectivity index (χ1v) is 8.42. The molecule has 0 radical (unpaired) electrons. The molecule has 0 saturated carbocycles. The van der Waals surface area contributed by atoms with Crippen LogP contribution < -0.4 is 0 Å². The predicted octanol–water partition coefficient (Wildman–Crippen LogP) is 3.41. The van der Waals surface area contributed by atoms with Crippen molar-refractivity contribution in [1.29, 1.82) is 0 Å². The summed E-state index contributed by atoms with van der Waals surface area (Å²) >= 11 is 5.71. The van der Waals surface area contributed by atoms with Crippen LogP contribution in [-0.4, -0.2) is 40.8 Å². The Bertz CT molecular complexity index is 981. The van der Waals surface area contributed by atoms with E-state index in [1.165, 1.54) is 26.2 Å². The van der Waals surface area contributed by atoms with Gasteiger partial charge in [-0.2, -0.15) is 0 Å². The zero-order chi connectivity index (χ0) is 21.2. The van der Waals surface area contributed by atoms with Gasteiger partial charge in [0.1, 0.15) is 5.02 Å². The standard InChI is InChI=1S/C18H17ClN2O7/c1-8-14(18(24)27-4)9(2)20-15(8)16(22)10(3)28-17(23)11-5-6-12(19)13(7-11)21(25)26/h5-7,10,20H,1-4H3/t10-/m1/s1. The third kappa shape index (κ3) is 4.04. The van der Waals surface area contributed by atoms with Crippen LogP contribution in [0, 0.1) is 24.0 Å². The predicted molar refractivity (Wildman–Crippen MR) is 98.9 cm³/mol. The molecule has 28 heavy (non-hydrogen) atoms. The number of Topliss-reactive ketones (excluding diaryl/α,β-unsaturated/α-hetero) is 1. The number of carbonyl (C=O) groups excluding carboxylic acids is 3. The Kier molecular flexibility index (Phi) is 6.19. The van der Waals surface area contributed by atoms with Gasteiger partial charge in [-0.3, -0.25) is 14.9 Å². The minimum atomic E-state index is -1.20. The van der Waals surface area contributed by atoms with Gasteiger partial charge in [-0.1, -0.05) is 11.6 Å². The molecule has 0 amide bonds. The Morgan fingerprint density at radius 2 is 1.86 bits per heavy atom. The molecule has 0 bridgehead atoms. The maximum atomic E-state index is 12.6. The molecular weight excluding hydrogens is 392 g/mol. The number of nitro groups is 1. The van der Waals surface area contributed by atoms with E-state index in [0.29, 0.717) is 11.3 Å². The first kappa shape index (κ1) is 21.1. The van der Waals surface area contributed by atoms with Crippen LogP contribution in [0.1, 0.15) is 49.4 Å². The lowest BCUT2D eigenvalue weighted by molar-refractivity contribution is -0.384. The molecule has 0 aliphatic carbocycles. The number of ketones is 1. The molecule has 0 saturated heterocycles. The summed E-state index contributed by atoms with van der Waals surface area (Å²) in [4.78, 5) is 49.8. The van der Waals surface area contributed by atoms with Crippen molar-refractivity contribution in [2.75, 3.05) is 7.11 Å². The van der Waals surface area contributed by atoms with Gasteiger partial charge < -0.3 is 14.5 Å². The van der Waals surface area contributed by atoms with Crippen molar-refractivity contribution in [2.45, 2.75) is 26.9 Å². The van der Waals surface area contributed by atoms with E-state index in [-0.39, 0.29) is 21.8 Å². The number of aromatic nitrogens is 1.